The number of nitrogens with zero attached hydrogens (tertiary/aromatic N) is 2. The topological polar surface area (TPSA) is 85.1 Å². The summed E-state index contributed by atoms with van der Waals surface area (Å²) in [5, 5.41) is 15.9. The molecule has 2 aromatic heterocycles. The van der Waals surface area contributed by atoms with Crippen molar-refractivity contribution in [2.45, 2.75) is 0 Å². The number of carbonyl (C=O) groups excluding carboxylic acids is 1. The number of carbonyl (C=O) groups is 1. The fourth-order valence-electron chi connectivity index (χ4n) is 1.69. The third kappa shape index (κ3) is 2.73. The zero-order valence-corrected chi connectivity index (χ0v) is 12.6. The molecule has 0 fully saturated rings. The first-order valence-electron chi connectivity index (χ1n) is 5.64. The smallest absolute Gasteiger partial charge is 0.270 e. The number of thiazole rings is 1. The number of rotatable bonds is 3. The van der Waals surface area contributed by atoms with E-state index in [4.69, 9.17) is 11.6 Å². The number of fused-ring (bicyclic) bond motifs is 1. The number of benzene rings is 1. The summed E-state index contributed by atoms with van der Waals surface area (Å²) < 4.78 is 0.636. The van der Waals surface area contributed by atoms with Gasteiger partial charge in [-0.15, -0.1) is 11.3 Å². The predicted octanol–water partition coefficient (Wildman–Crippen LogP) is 4.17. The zero-order chi connectivity index (χ0) is 15.0. The van der Waals surface area contributed by atoms with Crippen molar-refractivity contribution in [2.75, 3.05) is 5.32 Å². The Hall–Kier alpha value is -2.03. The summed E-state index contributed by atoms with van der Waals surface area (Å²) >= 11 is 8.30. The maximum Gasteiger partial charge on any atom is 0.270 e. The van der Waals surface area contributed by atoms with Gasteiger partial charge in [0, 0.05) is 12.1 Å². The summed E-state index contributed by atoms with van der Waals surface area (Å²) in [7, 11) is 0. The van der Waals surface area contributed by atoms with Crippen LogP contribution in [-0.4, -0.2) is 15.8 Å². The summed E-state index contributed by atoms with van der Waals surface area (Å²) in [6.45, 7) is 0. The molecule has 3 rings (SSSR count). The van der Waals surface area contributed by atoms with Crippen LogP contribution in [0.1, 0.15) is 9.67 Å². The van der Waals surface area contributed by atoms with Crippen molar-refractivity contribution in [3.63, 3.8) is 0 Å². The Bertz CT molecular complexity index is 858. The van der Waals surface area contributed by atoms with Gasteiger partial charge in [-0.1, -0.05) is 22.9 Å². The first-order chi connectivity index (χ1) is 10.0. The Morgan fingerprint density at radius 3 is 2.86 bits per heavy atom. The average molecular weight is 340 g/mol. The lowest BCUT2D eigenvalue weighted by Gasteiger charge is -1.98. The monoisotopic (exact) mass is 339 g/mol. The average Bonchev–Trinajstić information content (AvgIpc) is 3.02. The molecule has 0 spiro atoms. The van der Waals surface area contributed by atoms with E-state index >= 15 is 0 Å². The van der Waals surface area contributed by atoms with Crippen LogP contribution in [-0.2, 0) is 0 Å². The predicted molar refractivity (Wildman–Crippen MR) is 83.6 cm³/mol. The van der Waals surface area contributed by atoms with Crippen LogP contribution in [0.25, 0.3) is 10.2 Å². The van der Waals surface area contributed by atoms with Gasteiger partial charge in [-0.3, -0.25) is 20.2 Å². The van der Waals surface area contributed by atoms with E-state index in [0.29, 0.717) is 25.2 Å². The zero-order valence-electron chi connectivity index (χ0n) is 10.2. The number of hydrogen-bond acceptors (Lipinski definition) is 6. The molecule has 1 N–H and O–H groups in total. The van der Waals surface area contributed by atoms with Crippen LogP contribution in [0.5, 0.6) is 0 Å². The Morgan fingerprint density at radius 1 is 1.38 bits per heavy atom. The molecule has 0 saturated carbocycles. The van der Waals surface area contributed by atoms with Gasteiger partial charge in [0.1, 0.15) is 4.88 Å². The number of anilines is 1. The van der Waals surface area contributed by atoms with E-state index in [-0.39, 0.29) is 11.6 Å². The molecule has 1 amide bonds. The van der Waals surface area contributed by atoms with Crippen LogP contribution in [0.4, 0.5) is 10.8 Å². The van der Waals surface area contributed by atoms with Crippen molar-refractivity contribution in [3.05, 3.63) is 49.7 Å². The summed E-state index contributed by atoms with van der Waals surface area (Å²) in [5.74, 6) is -0.344. The van der Waals surface area contributed by atoms with Crippen LogP contribution >= 0.6 is 34.3 Å². The highest BCUT2D eigenvalue weighted by atomic mass is 35.5. The SMILES string of the molecule is O=C(Nc1nc2ccc([N+](=O)[O-])cc2s1)c1sccc1Cl. The molecule has 0 bridgehead atoms. The van der Waals surface area contributed by atoms with E-state index in [0.717, 1.165) is 0 Å². The molecule has 9 heteroatoms. The first-order valence-corrected chi connectivity index (χ1v) is 7.71. The van der Waals surface area contributed by atoms with Gasteiger partial charge >= 0.3 is 0 Å². The minimum Gasteiger partial charge on any atom is -0.297 e. The van der Waals surface area contributed by atoms with Gasteiger partial charge in [-0.05, 0) is 17.5 Å². The highest BCUT2D eigenvalue weighted by Gasteiger charge is 2.15. The number of halogens is 1. The number of aromatic nitrogens is 1. The van der Waals surface area contributed by atoms with Crippen molar-refractivity contribution in [1.29, 1.82) is 0 Å². The van der Waals surface area contributed by atoms with E-state index < -0.39 is 4.92 Å². The second-order valence-electron chi connectivity index (χ2n) is 3.98. The van der Waals surface area contributed by atoms with E-state index in [1.807, 2.05) is 0 Å². The molecule has 2 heterocycles. The fourth-order valence-corrected chi connectivity index (χ4v) is 3.62. The van der Waals surface area contributed by atoms with E-state index in [2.05, 4.69) is 10.3 Å². The molecule has 0 aliphatic heterocycles. The largest absolute Gasteiger partial charge is 0.297 e. The highest BCUT2D eigenvalue weighted by molar-refractivity contribution is 7.22. The summed E-state index contributed by atoms with van der Waals surface area (Å²) in [4.78, 5) is 26.9. The minimum absolute atomic E-state index is 0.00896. The molecule has 1 aromatic carbocycles. The lowest BCUT2D eigenvalue weighted by molar-refractivity contribution is -0.384. The Morgan fingerprint density at radius 2 is 2.19 bits per heavy atom. The molecule has 0 saturated heterocycles. The van der Waals surface area contributed by atoms with Crippen LogP contribution in [0, 0.1) is 10.1 Å². The van der Waals surface area contributed by atoms with Gasteiger partial charge in [0.15, 0.2) is 5.13 Å². The number of hydrogen-bond donors (Lipinski definition) is 1. The molecule has 0 atom stereocenters. The summed E-state index contributed by atoms with van der Waals surface area (Å²) in [6.07, 6.45) is 0. The fraction of sp³-hybridized carbons (Fsp3) is 0. The van der Waals surface area contributed by atoms with Crippen LogP contribution < -0.4 is 5.32 Å². The highest BCUT2D eigenvalue weighted by Crippen LogP contribution is 2.30. The summed E-state index contributed by atoms with van der Waals surface area (Å²) in [5.41, 5.74) is 0.587. The van der Waals surface area contributed by atoms with Gasteiger partial charge in [-0.2, -0.15) is 0 Å². The Kier molecular flexibility index (Phi) is 3.58. The standard InChI is InChI=1S/C12H6ClN3O3S2/c13-7-3-4-20-10(7)11(17)15-12-14-8-2-1-6(16(18)19)5-9(8)21-12/h1-5H,(H,14,15,17). The van der Waals surface area contributed by atoms with E-state index in [1.165, 1.54) is 34.8 Å². The number of nitrogens with one attached hydrogen (secondary N) is 1. The van der Waals surface area contributed by atoms with Crippen LogP contribution in [0.2, 0.25) is 5.02 Å². The Balaban J connectivity index is 1.89. The van der Waals surface area contributed by atoms with Gasteiger partial charge in [0.2, 0.25) is 0 Å². The maximum absolute atomic E-state index is 12.0. The number of amides is 1. The van der Waals surface area contributed by atoms with Crippen LogP contribution in [0.3, 0.4) is 0 Å². The van der Waals surface area contributed by atoms with Gasteiger partial charge in [0.25, 0.3) is 11.6 Å². The summed E-state index contributed by atoms with van der Waals surface area (Å²) in [6, 6.07) is 6.01. The normalized spacial score (nSPS) is 10.7. The van der Waals surface area contributed by atoms with Crippen molar-refractivity contribution >= 4 is 61.2 Å². The molecule has 106 valence electrons. The lowest BCUT2D eigenvalue weighted by Crippen LogP contribution is -2.10. The van der Waals surface area contributed by atoms with Crippen molar-refractivity contribution in [2.24, 2.45) is 0 Å². The maximum atomic E-state index is 12.0. The molecular formula is C12H6ClN3O3S2. The van der Waals surface area contributed by atoms with Gasteiger partial charge in [0.05, 0.1) is 20.2 Å². The number of nitro benzene ring substituents is 1. The van der Waals surface area contributed by atoms with E-state index in [9.17, 15) is 14.9 Å². The van der Waals surface area contributed by atoms with Gasteiger partial charge in [-0.25, -0.2) is 4.98 Å². The minimum atomic E-state index is -0.469. The number of nitro groups is 1. The molecule has 0 unspecified atom stereocenters. The molecule has 0 aliphatic rings. The molecular weight excluding hydrogens is 334 g/mol. The quantitative estimate of drug-likeness (QED) is 0.573. The number of non-ortho nitro benzene ring substituents is 1. The van der Waals surface area contributed by atoms with Crippen molar-refractivity contribution in [3.8, 4) is 0 Å². The van der Waals surface area contributed by atoms with Crippen molar-refractivity contribution < 1.29 is 9.72 Å². The second kappa shape index (κ2) is 5.40. The second-order valence-corrected chi connectivity index (χ2v) is 6.33. The van der Waals surface area contributed by atoms with Crippen molar-refractivity contribution in [1.82, 2.24) is 4.98 Å². The molecule has 21 heavy (non-hydrogen) atoms. The first kappa shape index (κ1) is 13.9. The molecule has 3 aromatic rings. The molecule has 0 aliphatic carbocycles. The van der Waals surface area contributed by atoms with Gasteiger partial charge < -0.3 is 0 Å². The molecule has 6 nitrogen and oxygen atoms in total. The Labute approximate surface area is 131 Å². The van der Waals surface area contributed by atoms with E-state index in [1.54, 1.807) is 17.5 Å². The molecule has 0 radical (unpaired) electrons. The lowest BCUT2D eigenvalue weighted by atomic mass is 10.3. The third-order valence-corrected chi connectivity index (χ3v) is 4.90. The third-order valence-electron chi connectivity index (χ3n) is 2.63. The van der Waals surface area contributed by atoms with Crippen LogP contribution in [0.15, 0.2) is 29.6 Å². The number of thiophene rings is 1.